The van der Waals surface area contributed by atoms with E-state index in [1.165, 1.54) is 12.1 Å². The molecule has 0 saturated heterocycles. The Balaban J connectivity index is 2.08. The zero-order valence-corrected chi connectivity index (χ0v) is 16.8. The van der Waals surface area contributed by atoms with Crippen LogP contribution in [0.15, 0.2) is 36.4 Å². The minimum Gasteiger partial charge on any atom is -0.376 e. The van der Waals surface area contributed by atoms with Gasteiger partial charge in [0.2, 0.25) is 5.91 Å². The van der Waals surface area contributed by atoms with Gasteiger partial charge in [-0.3, -0.25) is 4.79 Å². The average molecular weight is 474 g/mol. The van der Waals surface area contributed by atoms with Crippen LogP contribution in [0.2, 0.25) is 10.0 Å². The molecule has 0 spiro atoms. The molecule has 0 fully saturated rings. The molecule has 2 aromatic carbocycles. The lowest BCUT2D eigenvalue weighted by molar-refractivity contribution is -0.258. The molecule has 1 unspecified atom stereocenters. The topological polar surface area (TPSA) is 49.3 Å². The summed E-state index contributed by atoms with van der Waals surface area (Å²) in [5, 5.41) is 11.5. The van der Waals surface area contributed by atoms with E-state index in [4.69, 9.17) is 23.2 Å². The first-order chi connectivity index (χ1) is 13.6. The Kier molecular flexibility index (Phi) is 7.00. The number of rotatable bonds is 5. The van der Waals surface area contributed by atoms with Gasteiger partial charge in [-0.1, -0.05) is 35.3 Å². The van der Waals surface area contributed by atoms with Crippen LogP contribution in [0.1, 0.15) is 30.0 Å². The van der Waals surface area contributed by atoms with Crippen LogP contribution in [0.4, 0.5) is 32.0 Å². The fraction of sp³-hybridized carbons (Fsp3) is 0.316. The first-order valence-corrected chi connectivity index (χ1v) is 9.13. The van der Waals surface area contributed by atoms with Crippen LogP contribution in [0.5, 0.6) is 0 Å². The minimum absolute atomic E-state index is 0.111. The third kappa shape index (κ3) is 5.59. The SMILES string of the molecule is CC(O)(c1cc(Cl)c(NC(=O)CCc2ccc(C(F)(F)F)cc2)c(Cl)c1)C(F)(F)F. The van der Waals surface area contributed by atoms with Crippen molar-refractivity contribution in [1.29, 1.82) is 0 Å². The van der Waals surface area contributed by atoms with Gasteiger partial charge < -0.3 is 10.4 Å². The van der Waals surface area contributed by atoms with Crippen molar-refractivity contribution >= 4 is 34.8 Å². The highest BCUT2D eigenvalue weighted by Gasteiger charge is 2.51. The van der Waals surface area contributed by atoms with Crippen molar-refractivity contribution in [2.45, 2.75) is 37.7 Å². The number of carbonyl (C=O) groups excluding carboxylic acids is 1. The highest BCUT2D eigenvalue weighted by molar-refractivity contribution is 6.39. The van der Waals surface area contributed by atoms with E-state index in [-0.39, 0.29) is 28.6 Å². The van der Waals surface area contributed by atoms with Gasteiger partial charge in [0.15, 0.2) is 5.60 Å². The normalized spacial score (nSPS) is 14.3. The zero-order valence-electron chi connectivity index (χ0n) is 15.3. The molecule has 0 bridgehead atoms. The predicted molar refractivity (Wildman–Crippen MR) is 100 cm³/mol. The second-order valence-corrected chi connectivity index (χ2v) is 7.44. The van der Waals surface area contributed by atoms with Crippen LogP contribution in [0, 0.1) is 0 Å². The summed E-state index contributed by atoms with van der Waals surface area (Å²) in [4.78, 5) is 12.1. The molecule has 30 heavy (non-hydrogen) atoms. The summed E-state index contributed by atoms with van der Waals surface area (Å²) in [5.74, 6) is -0.603. The number of anilines is 1. The van der Waals surface area contributed by atoms with Gasteiger partial charge in [-0.15, -0.1) is 0 Å². The van der Waals surface area contributed by atoms with Crippen molar-refractivity contribution in [3.8, 4) is 0 Å². The van der Waals surface area contributed by atoms with Crippen molar-refractivity contribution in [1.82, 2.24) is 0 Å². The Morgan fingerprint density at radius 2 is 1.47 bits per heavy atom. The first-order valence-electron chi connectivity index (χ1n) is 8.37. The van der Waals surface area contributed by atoms with E-state index in [9.17, 15) is 36.2 Å². The molecule has 0 aromatic heterocycles. The van der Waals surface area contributed by atoms with Gasteiger partial charge in [0, 0.05) is 6.42 Å². The molecule has 0 saturated carbocycles. The molecular formula is C19H15Cl2F6NO2. The number of aryl methyl sites for hydroxylation is 1. The van der Waals surface area contributed by atoms with Crippen molar-refractivity contribution in [2.24, 2.45) is 0 Å². The maximum absolute atomic E-state index is 13.0. The van der Waals surface area contributed by atoms with Crippen LogP contribution in [-0.4, -0.2) is 17.2 Å². The Bertz CT molecular complexity index is 901. The smallest absolute Gasteiger partial charge is 0.376 e. The fourth-order valence-electron chi connectivity index (χ4n) is 2.46. The summed E-state index contributed by atoms with van der Waals surface area (Å²) in [6, 6.07) is 5.95. The van der Waals surface area contributed by atoms with Gasteiger partial charge in [-0.25, -0.2) is 0 Å². The molecule has 0 aliphatic heterocycles. The minimum atomic E-state index is -4.98. The van der Waals surface area contributed by atoms with E-state index in [1.54, 1.807) is 0 Å². The molecule has 0 heterocycles. The van der Waals surface area contributed by atoms with Crippen LogP contribution in [0.25, 0.3) is 0 Å². The first kappa shape index (κ1) is 24.3. The molecule has 1 atom stereocenters. The van der Waals surface area contributed by atoms with Crippen LogP contribution < -0.4 is 5.32 Å². The lowest BCUT2D eigenvalue weighted by atomic mass is 9.95. The van der Waals surface area contributed by atoms with Gasteiger partial charge in [0.25, 0.3) is 0 Å². The second kappa shape index (κ2) is 8.64. The summed E-state index contributed by atoms with van der Waals surface area (Å²) in [7, 11) is 0. The summed E-state index contributed by atoms with van der Waals surface area (Å²) >= 11 is 11.9. The maximum Gasteiger partial charge on any atom is 0.421 e. The van der Waals surface area contributed by atoms with E-state index in [1.807, 2.05) is 0 Å². The number of hydrogen-bond acceptors (Lipinski definition) is 2. The number of aliphatic hydroxyl groups is 1. The number of alkyl halides is 6. The number of nitrogens with one attached hydrogen (secondary N) is 1. The van der Waals surface area contributed by atoms with Gasteiger partial charge in [-0.05, 0) is 48.7 Å². The van der Waals surface area contributed by atoms with Gasteiger partial charge in [0.1, 0.15) is 0 Å². The van der Waals surface area contributed by atoms with Crippen molar-refractivity contribution in [3.05, 3.63) is 63.1 Å². The maximum atomic E-state index is 13.0. The molecule has 164 valence electrons. The van der Waals surface area contributed by atoms with E-state index < -0.39 is 35.0 Å². The Hall–Kier alpha value is -1.97. The molecule has 11 heteroatoms. The summed E-state index contributed by atoms with van der Waals surface area (Å²) < 4.78 is 76.6. The van der Waals surface area contributed by atoms with Crippen molar-refractivity contribution in [2.75, 3.05) is 5.32 Å². The summed E-state index contributed by atoms with van der Waals surface area (Å²) in [6.45, 7) is 0.539. The number of carbonyl (C=O) groups is 1. The molecule has 0 aliphatic rings. The number of amides is 1. The Morgan fingerprint density at radius 1 is 0.967 bits per heavy atom. The molecule has 2 N–H and O–H groups in total. The van der Waals surface area contributed by atoms with Gasteiger partial charge in [-0.2, -0.15) is 26.3 Å². The van der Waals surface area contributed by atoms with E-state index in [0.29, 0.717) is 12.5 Å². The summed E-state index contributed by atoms with van der Waals surface area (Å²) in [6.07, 6.45) is -9.47. The third-order valence-corrected chi connectivity index (χ3v) is 4.94. The second-order valence-electron chi connectivity index (χ2n) is 6.63. The lowest BCUT2D eigenvalue weighted by Gasteiger charge is -2.27. The van der Waals surface area contributed by atoms with Crippen LogP contribution in [-0.2, 0) is 23.0 Å². The summed E-state index contributed by atoms with van der Waals surface area (Å²) in [5.41, 5.74) is -4.29. The molecule has 0 radical (unpaired) electrons. The molecule has 2 rings (SSSR count). The van der Waals surface area contributed by atoms with Crippen molar-refractivity contribution < 1.29 is 36.2 Å². The standard InChI is InChI=1S/C19H15Cl2F6NO2/c1-17(30,19(25,26)27)12-8-13(20)16(14(21)9-12)28-15(29)7-4-10-2-5-11(6-3-10)18(22,23)24/h2-3,5-6,8-9,30H,4,7H2,1H3,(H,28,29). The van der Waals surface area contributed by atoms with E-state index in [2.05, 4.69) is 5.32 Å². The average Bonchev–Trinajstić information content (AvgIpc) is 2.61. The van der Waals surface area contributed by atoms with E-state index >= 15 is 0 Å². The fourth-order valence-corrected chi connectivity index (χ4v) is 3.04. The monoisotopic (exact) mass is 473 g/mol. The number of halogens is 8. The molecule has 1 amide bonds. The Morgan fingerprint density at radius 3 is 1.90 bits per heavy atom. The number of benzene rings is 2. The van der Waals surface area contributed by atoms with Crippen LogP contribution >= 0.6 is 23.2 Å². The predicted octanol–water partition coefficient (Wildman–Crippen LogP) is 6.35. The molecule has 3 nitrogen and oxygen atoms in total. The van der Waals surface area contributed by atoms with Crippen molar-refractivity contribution in [3.63, 3.8) is 0 Å². The molecule has 2 aromatic rings. The highest BCUT2D eigenvalue weighted by atomic mass is 35.5. The van der Waals surface area contributed by atoms with Gasteiger partial charge in [0.05, 0.1) is 21.3 Å². The van der Waals surface area contributed by atoms with Gasteiger partial charge >= 0.3 is 12.4 Å². The molecule has 0 aliphatic carbocycles. The quantitative estimate of drug-likeness (QED) is 0.496. The Labute approximate surface area is 177 Å². The zero-order chi connectivity index (χ0) is 22.9. The molecular weight excluding hydrogens is 459 g/mol. The highest BCUT2D eigenvalue weighted by Crippen LogP contribution is 2.42. The number of hydrogen-bond donors (Lipinski definition) is 2. The lowest BCUT2D eigenvalue weighted by Crippen LogP contribution is -2.39. The van der Waals surface area contributed by atoms with E-state index in [0.717, 1.165) is 24.3 Å². The van der Waals surface area contributed by atoms with Crippen LogP contribution in [0.3, 0.4) is 0 Å². The third-order valence-electron chi connectivity index (χ3n) is 4.34. The largest absolute Gasteiger partial charge is 0.421 e.